The molecule has 2 aromatic carbocycles. The molecule has 3 atom stereocenters. The van der Waals surface area contributed by atoms with Crippen molar-refractivity contribution in [2.75, 3.05) is 37.6 Å². The molecule has 5 rings (SSSR count). The second-order valence-electron chi connectivity index (χ2n) is 10.7. The number of carbonyl (C=O) groups is 2. The highest BCUT2D eigenvalue weighted by molar-refractivity contribution is 5.88. The van der Waals surface area contributed by atoms with Gasteiger partial charge in [-0.15, -0.1) is 5.10 Å². The van der Waals surface area contributed by atoms with Crippen LogP contribution >= 0.6 is 0 Å². The molecule has 2 saturated heterocycles. The molecule has 0 bridgehead atoms. The van der Waals surface area contributed by atoms with E-state index in [0.29, 0.717) is 16.9 Å². The molecule has 40 heavy (non-hydrogen) atoms. The van der Waals surface area contributed by atoms with Gasteiger partial charge in [0.05, 0.1) is 18.8 Å². The summed E-state index contributed by atoms with van der Waals surface area (Å²) >= 11 is 0. The number of nitrogens with zero attached hydrogens (tertiary/aromatic N) is 5. The van der Waals surface area contributed by atoms with Crippen molar-refractivity contribution in [2.45, 2.75) is 51.0 Å². The molecular weight excluding hydrogens is 516 g/mol. The summed E-state index contributed by atoms with van der Waals surface area (Å²) in [5.41, 5.74) is 1.90. The topological polar surface area (TPSA) is 95.4 Å². The van der Waals surface area contributed by atoms with Crippen molar-refractivity contribution in [1.82, 2.24) is 30.5 Å². The van der Waals surface area contributed by atoms with Gasteiger partial charge in [-0.25, -0.2) is 8.78 Å². The SMILES string of the molecule is CC(C)c1ccc([C@@H](NC(=O)[C@@H]2C[C@@H](F)CN2C(=O)Cn2ncc(N3CCNCC3)n2)c2ccccc2)cc1F. The van der Waals surface area contributed by atoms with E-state index in [9.17, 15) is 18.4 Å². The number of likely N-dealkylation sites (tertiary alicyclic amines) is 1. The lowest BCUT2D eigenvalue weighted by Crippen LogP contribution is -2.48. The lowest BCUT2D eigenvalue weighted by molar-refractivity contribution is -0.139. The van der Waals surface area contributed by atoms with Crippen molar-refractivity contribution in [1.29, 1.82) is 0 Å². The number of amides is 2. The molecule has 1 aromatic heterocycles. The number of hydrogen-bond acceptors (Lipinski definition) is 6. The van der Waals surface area contributed by atoms with Crippen molar-refractivity contribution in [3.8, 4) is 0 Å². The summed E-state index contributed by atoms with van der Waals surface area (Å²) in [5, 5.41) is 14.9. The number of alkyl halides is 1. The lowest BCUT2D eigenvalue weighted by atomic mass is 9.94. The fraction of sp³-hybridized carbons (Fsp3) is 0.448. The van der Waals surface area contributed by atoms with E-state index in [1.54, 1.807) is 18.3 Å². The average molecular weight is 552 g/mol. The fourth-order valence-corrected chi connectivity index (χ4v) is 5.36. The Morgan fingerprint density at radius 3 is 2.55 bits per heavy atom. The van der Waals surface area contributed by atoms with Crippen LogP contribution in [0.3, 0.4) is 0 Å². The van der Waals surface area contributed by atoms with Gasteiger partial charge in [0.2, 0.25) is 11.8 Å². The number of piperazine rings is 1. The Morgan fingerprint density at radius 2 is 1.85 bits per heavy atom. The van der Waals surface area contributed by atoms with E-state index < -0.39 is 30.1 Å². The predicted octanol–water partition coefficient (Wildman–Crippen LogP) is 2.80. The molecule has 2 fully saturated rings. The van der Waals surface area contributed by atoms with Gasteiger partial charge in [0.1, 0.15) is 24.6 Å². The molecular formula is C29H35F2N7O2. The van der Waals surface area contributed by atoms with Crippen molar-refractivity contribution < 1.29 is 18.4 Å². The maximum absolute atomic E-state index is 14.9. The van der Waals surface area contributed by atoms with Gasteiger partial charge in [-0.05, 0) is 28.7 Å². The Bertz CT molecular complexity index is 1330. The largest absolute Gasteiger partial charge is 0.351 e. The summed E-state index contributed by atoms with van der Waals surface area (Å²) in [5.74, 6) is -0.599. The standard InChI is InChI=1S/C29H35F2N7O2/c1-19(2)23-9-8-21(14-24(23)31)28(20-6-4-3-5-7-20)34-29(40)25-15-22(30)17-37(25)27(39)18-38-33-16-26(35-38)36-12-10-32-11-13-36/h3-9,14,16,19,22,25,28,32H,10-13,15,17-18H2,1-2H3,(H,34,40)/t22-,25+,28+/m1/s1. The molecule has 0 saturated carbocycles. The maximum Gasteiger partial charge on any atom is 0.246 e. The monoisotopic (exact) mass is 551 g/mol. The zero-order chi connectivity index (χ0) is 28.2. The molecule has 3 heterocycles. The zero-order valence-corrected chi connectivity index (χ0v) is 22.8. The quantitative estimate of drug-likeness (QED) is 0.447. The van der Waals surface area contributed by atoms with Crippen LogP contribution in [0.2, 0.25) is 0 Å². The number of anilines is 1. The van der Waals surface area contributed by atoms with E-state index >= 15 is 0 Å². The van der Waals surface area contributed by atoms with Crippen molar-refractivity contribution >= 4 is 17.6 Å². The fourth-order valence-electron chi connectivity index (χ4n) is 5.36. The van der Waals surface area contributed by atoms with Crippen LogP contribution in [0.4, 0.5) is 14.6 Å². The molecule has 2 amide bonds. The first-order valence-corrected chi connectivity index (χ1v) is 13.7. The van der Waals surface area contributed by atoms with Crippen LogP contribution in [0.5, 0.6) is 0 Å². The number of carbonyl (C=O) groups excluding carboxylic acids is 2. The number of nitrogens with one attached hydrogen (secondary N) is 2. The summed E-state index contributed by atoms with van der Waals surface area (Å²) in [6.45, 7) is 6.70. The van der Waals surface area contributed by atoms with Crippen LogP contribution in [0.1, 0.15) is 48.9 Å². The smallest absolute Gasteiger partial charge is 0.246 e. The number of benzene rings is 2. The minimum absolute atomic E-state index is 0.00980. The molecule has 2 aliphatic heterocycles. The summed E-state index contributed by atoms with van der Waals surface area (Å²) in [6.07, 6.45) is 0.164. The van der Waals surface area contributed by atoms with Gasteiger partial charge in [-0.2, -0.15) is 9.90 Å². The van der Waals surface area contributed by atoms with E-state index in [0.717, 1.165) is 31.7 Å². The Morgan fingerprint density at radius 1 is 1.10 bits per heavy atom. The first-order chi connectivity index (χ1) is 19.3. The van der Waals surface area contributed by atoms with Crippen LogP contribution in [0.25, 0.3) is 0 Å². The highest BCUT2D eigenvalue weighted by Gasteiger charge is 2.40. The first kappa shape index (κ1) is 27.7. The number of aromatic nitrogens is 3. The molecule has 11 heteroatoms. The van der Waals surface area contributed by atoms with Gasteiger partial charge in [0.25, 0.3) is 0 Å². The van der Waals surface area contributed by atoms with Gasteiger partial charge < -0.3 is 20.4 Å². The minimum atomic E-state index is -1.33. The van der Waals surface area contributed by atoms with Crippen molar-refractivity contribution in [2.24, 2.45) is 0 Å². The van der Waals surface area contributed by atoms with Crippen LogP contribution in [-0.2, 0) is 16.1 Å². The third-order valence-electron chi connectivity index (χ3n) is 7.51. The normalized spacial score (nSPS) is 20.1. The van der Waals surface area contributed by atoms with E-state index in [1.807, 2.05) is 44.2 Å². The third-order valence-corrected chi connectivity index (χ3v) is 7.51. The van der Waals surface area contributed by atoms with E-state index in [1.165, 1.54) is 15.8 Å². The summed E-state index contributed by atoms with van der Waals surface area (Å²) < 4.78 is 29.5. The summed E-state index contributed by atoms with van der Waals surface area (Å²) in [7, 11) is 0. The Kier molecular flexibility index (Phi) is 8.39. The maximum atomic E-state index is 14.9. The molecule has 0 radical (unpaired) electrons. The van der Waals surface area contributed by atoms with Gasteiger partial charge in [-0.3, -0.25) is 9.59 Å². The lowest BCUT2D eigenvalue weighted by Gasteiger charge is -2.27. The summed E-state index contributed by atoms with van der Waals surface area (Å²) in [6, 6.07) is 12.5. The highest BCUT2D eigenvalue weighted by atomic mass is 19.1. The van der Waals surface area contributed by atoms with E-state index in [-0.39, 0.29) is 31.2 Å². The Labute approximate surface area is 232 Å². The van der Waals surface area contributed by atoms with Gasteiger partial charge in [-0.1, -0.05) is 56.3 Å². The van der Waals surface area contributed by atoms with Crippen LogP contribution in [-0.4, -0.2) is 76.6 Å². The highest BCUT2D eigenvalue weighted by Crippen LogP contribution is 2.28. The van der Waals surface area contributed by atoms with Crippen molar-refractivity contribution in [3.63, 3.8) is 0 Å². The Hall–Kier alpha value is -3.86. The number of halogens is 2. The molecule has 0 unspecified atom stereocenters. The van der Waals surface area contributed by atoms with E-state index in [2.05, 4.69) is 25.7 Å². The third kappa shape index (κ3) is 6.14. The molecule has 3 aromatic rings. The first-order valence-electron chi connectivity index (χ1n) is 13.7. The molecule has 2 N–H and O–H groups in total. The number of rotatable bonds is 8. The average Bonchev–Trinajstić information content (AvgIpc) is 3.59. The second-order valence-corrected chi connectivity index (χ2v) is 10.7. The van der Waals surface area contributed by atoms with Gasteiger partial charge in [0.15, 0.2) is 5.82 Å². The Balaban J connectivity index is 1.32. The zero-order valence-electron chi connectivity index (χ0n) is 22.8. The van der Waals surface area contributed by atoms with Crippen LogP contribution < -0.4 is 15.5 Å². The minimum Gasteiger partial charge on any atom is -0.351 e. The predicted molar refractivity (Wildman–Crippen MR) is 147 cm³/mol. The summed E-state index contributed by atoms with van der Waals surface area (Å²) in [4.78, 5) is 31.4. The molecule has 212 valence electrons. The van der Waals surface area contributed by atoms with Gasteiger partial charge >= 0.3 is 0 Å². The van der Waals surface area contributed by atoms with E-state index in [4.69, 9.17) is 0 Å². The van der Waals surface area contributed by atoms with Crippen LogP contribution in [0.15, 0.2) is 54.7 Å². The number of hydrogen-bond donors (Lipinski definition) is 2. The van der Waals surface area contributed by atoms with Crippen molar-refractivity contribution in [3.05, 3.63) is 77.2 Å². The molecule has 9 nitrogen and oxygen atoms in total. The van der Waals surface area contributed by atoms with Gasteiger partial charge in [0, 0.05) is 32.6 Å². The van der Waals surface area contributed by atoms with Crippen LogP contribution in [0, 0.1) is 5.82 Å². The second kappa shape index (κ2) is 12.1. The molecule has 0 aliphatic carbocycles. The molecule has 0 spiro atoms. The molecule has 2 aliphatic rings.